The highest BCUT2D eigenvalue weighted by molar-refractivity contribution is 9.10. The maximum atomic E-state index is 11.2. The number of benzene rings is 2. The standard InChI is InChI=1S/C10H10O4.C8H5BrO4/c1-13-9(11)7-5-3-4-6-8(7)10(12)14-2;9-4-1-2-5(7(10)11)6(3-4)8(12)13/h3-6H,1-2H3;1-3H,(H,10,11)(H,12,13). The minimum atomic E-state index is -1.25. The summed E-state index contributed by atoms with van der Waals surface area (Å²) in [6.45, 7) is 0. The Hall–Kier alpha value is -3.20. The van der Waals surface area contributed by atoms with Crippen molar-refractivity contribution in [3.63, 3.8) is 0 Å². The van der Waals surface area contributed by atoms with E-state index in [1.54, 1.807) is 12.1 Å². The SMILES string of the molecule is COC(=O)c1ccccc1C(=O)OC.O=C(O)c1ccc(Br)cc1C(=O)O. The molecule has 2 rings (SSSR count). The van der Waals surface area contributed by atoms with Gasteiger partial charge in [-0.25, -0.2) is 19.2 Å². The van der Waals surface area contributed by atoms with E-state index in [1.165, 1.54) is 44.6 Å². The van der Waals surface area contributed by atoms with Gasteiger partial charge in [0, 0.05) is 4.47 Å². The molecule has 9 heteroatoms. The van der Waals surface area contributed by atoms with E-state index in [0.717, 1.165) is 0 Å². The van der Waals surface area contributed by atoms with Crippen LogP contribution in [0.15, 0.2) is 46.9 Å². The summed E-state index contributed by atoms with van der Waals surface area (Å²) in [6, 6.07) is 10.3. The lowest BCUT2D eigenvalue weighted by Crippen LogP contribution is -2.11. The number of carbonyl (C=O) groups is 4. The molecule has 0 aliphatic rings. The molecule has 0 amide bonds. The second-order valence-electron chi connectivity index (χ2n) is 4.83. The molecule has 2 aromatic rings. The Balaban J connectivity index is 0.000000271. The van der Waals surface area contributed by atoms with Gasteiger partial charge in [0.2, 0.25) is 0 Å². The molecule has 27 heavy (non-hydrogen) atoms. The molecule has 0 radical (unpaired) electrons. The lowest BCUT2D eigenvalue weighted by molar-refractivity contribution is 0.0555. The topological polar surface area (TPSA) is 127 Å². The zero-order valence-corrected chi connectivity index (χ0v) is 15.8. The number of ether oxygens (including phenoxy) is 2. The number of esters is 2. The van der Waals surface area contributed by atoms with Crippen LogP contribution >= 0.6 is 15.9 Å². The van der Waals surface area contributed by atoms with E-state index in [-0.39, 0.29) is 22.3 Å². The van der Waals surface area contributed by atoms with Crippen molar-refractivity contribution in [3.05, 3.63) is 69.2 Å². The first-order valence-corrected chi connectivity index (χ1v) is 8.04. The highest BCUT2D eigenvalue weighted by atomic mass is 79.9. The highest BCUT2D eigenvalue weighted by Crippen LogP contribution is 2.16. The summed E-state index contributed by atoms with van der Waals surface area (Å²) in [5, 5.41) is 17.3. The number of carboxylic acid groups (broad SMARTS) is 2. The lowest BCUT2D eigenvalue weighted by atomic mass is 10.1. The smallest absolute Gasteiger partial charge is 0.338 e. The Kier molecular flexibility index (Phi) is 8.15. The second-order valence-corrected chi connectivity index (χ2v) is 5.74. The van der Waals surface area contributed by atoms with Crippen LogP contribution in [0.5, 0.6) is 0 Å². The molecular weight excluding hydrogens is 424 g/mol. The molecule has 0 saturated heterocycles. The molecule has 0 aromatic heterocycles. The molecule has 8 nitrogen and oxygen atoms in total. The number of hydrogen-bond acceptors (Lipinski definition) is 6. The Bertz CT molecular complexity index is 840. The molecule has 0 aliphatic carbocycles. The summed E-state index contributed by atoms with van der Waals surface area (Å²) < 4.78 is 9.59. The molecule has 0 spiro atoms. The fraction of sp³-hybridized carbons (Fsp3) is 0.111. The Morgan fingerprint density at radius 3 is 1.56 bits per heavy atom. The van der Waals surface area contributed by atoms with Crippen LogP contribution in [0.1, 0.15) is 41.4 Å². The van der Waals surface area contributed by atoms with Crippen molar-refractivity contribution in [1.82, 2.24) is 0 Å². The molecule has 0 fully saturated rings. The monoisotopic (exact) mass is 438 g/mol. The third-order valence-electron chi connectivity index (χ3n) is 3.18. The first kappa shape index (κ1) is 21.8. The highest BCUT2D eigenvalue weighted by Gasteiger charge is 2.17. The van der Waals surface area contributed by atoms with Gasteiger partial charge in [-0.05, 0) is 30.3 Å². The van der Waals surface area contributed by atoms with Gasteiger partial charge in [0.1, 0.15) is 0 Å². The van der Waals surface area contributed by atoms with Gasteiger partial charge in [-0.2, -0.15) is 0 Å². The lowest BCUT2D eigenvalue weighted by Gasteiger charge is -2.04. The molecule has 2 N–H and O–H groups in total. The van der Waals surface area contributed by atoms with Gasteiger partial charge < -0.3 is 19.7 Å². The van der Waals surface area contributed by atoms with Crippen molar-refractivity contribution in [2.75, 3.05) is 14.2 Å². The summed E-state index contributed by atoms with van der Waals surface area (Å²) in [7, 11) is 2.52. The molecular formula is C18H15BrO8. The molecule has 142 valence electrons. The van der Waals surface area contributed by atoms with Crippen molar-refractivity contribution in [3.8, 4) is 0 Å². The molecule has 0 bridgehead atoms. The first-order valence-electron chi connectivity index (χ1n) is 7.24. The fourth-order valence-corrected chi connectivity index (χ4v) is 2.30. The van der Waals surface area contributed by atoms with Crippen molar-refractivity contribution in [1.29, 1.82) is 0 Å². The molecule has 0 heterocycles. The second kappa shape index (κ2) is 10.1. The van der Waals surface area contributed by atoms with Crippen LogP contribution in [0.3, 0.4) is 0 Å². The Labute approximate surface area is 162 Å². The van der Waals surface area contributed by atoms with Gasteiger partial charge in [0.05, 0.1) is 36.5 Å². The summed E-state index contributed by atoms with van der Waals surface area (Å²) in [4.78, 5) is 43.6. The quantitative estimate of drug-likeness (QED) is 0.696. The number of aromatic carboxylic acids is 2. The van der Waals surface area contributed by atoms with Crippen LogP contribution in [-0.4, -0.2) is 48.3 Å². The van der Waals surface area contributed by atoms with E-state index in [4.69, 9.17) is 10.2 Å². The van der Waals surface area contributed by atoms with Crippen molar-refractivity contribution < 1.29 is 38.9 Å². The zero-order chi connectivity index (χ0) is 20.6. The van der Waals surface area contributed by atoms with E-state index in [9.17, 15) is 19.2 Å². The third kappa shape index (κ3) is 5.93. The van der Waals surface area contributed by atoms with Crippen LogP contribution < -0.4 is 0 Å². The molecule has 0 saturated carbocycles. The number of carboxylic acids is 2. The van der Waals surface area contributed by atoms with Crippen LogP contribution in [0.4, 0.5) is 0 Å². The maximum Gasteiger partial charge on any atom is 0.338 e. The largest absolute Gasteiger partial charge is 0.478 e. The third-order valence-corrected chi connectivity index (χ3v) is 3.67. The first-order chi connectivity index (χ1) is 12.7. The van der Waals surface area contributed by atoms with Gasteiger partial charge >= 0.3 is 23.9 Å². The van der Waals surface area contributed by atoms with Gasteiger partial charge in [0.15, 0.2) is 0 Å². The van der Waals surface area contributed by atoms with Gasteiger partial charge in [0.25, 0.3) is 0 Å². The zero-order valence-electron chi connectivity index (χ0n) is 14.3. The predicted molar refractivity (Wildman–Crippen MR) is 97.2 cm³/mol. The van der Waals surface area contributed by atoms with E-state index < -0.39 is 23.9 Å². The molecule has 0 aliphatic heterocycles. The van der Waals surface area contributed by atoms with Crippen LogP contribution in [0, 0.1) is 0 Å². The summed E-state index contributed by atoms with van der Waals surface area (Å²) in [5.41, 5.74) is -0.0127. The Morgan fingerprint density at radius 1 is 0.741 bits per heavy atom. The summed E-state index contributed by atoms with van der Waals surface area (Å²) in [6.07, 6.45) is 0. The van der Waals surface area contributed by atoms with Gasteiger partial charge in [-0.1, -0.05) is 28.1 Å². The van der Waals surface area contributed by atoms with E-state index >= 15 is 0 Å². The minimum absolute atomic E-state index is 0.210. The Morgan fingerprint density at radius 2 is 1.19 bits per heavy atom. The van der Waals surface area contributed by atoms with E-state index in [2.05, 4.69) is 25.4 Å². The summed E-state index contributed by atoms with van der Waals surface area (Å²) in [5.74, 6) is -3.60. The average molecular weight is 439 g/mol. The van der Waals surface area contributed by atoms with Crippen molar-refractivity contribution in [2.24, 2.45) is 0 Å². The van der Waals surface area contributed by atoms with E-state index in [1.807, 2.05) is 0 Å². The number of carbonyl (C=O) groups excluding carboxylic acids is 2. The normalized spacial score (nSPS) is 9.44. The average Bonchev–Trinajstić information content (AvgIpc) is 2.66. The van der Waals surface area contributed by atoms with Gasteiger partial charge in [-0.3, -0.25) is 0 Å². The van der Waals surface area contributed by atoms with Crippen LogP contribution in [0.2, 0.25) is 0 Å². The van der Waals surface area contributed by atoms with Crippen molar-refractivity contribution in [2.45, 2.75) is 0 Å². The summed E-state index contributed by atoms with van der Waals surface area (Å²) >= 11 is 3.06. The predicted octanol–water partition coefficient (Wildman–Crippen LogP) is 3.11. The number of halogens is 1. The maximum absolute atomic E-state index is 11.2. The number of hydrogen-bond donors (Lipinski definition) is 2. The minimum Gasteiger partial charge on any atom is -0.478 e. The molecule has 2 aromatic carbocycles. The number of rotatable bonds is 4. The van der Waals surface area contributed by atoms with E-state index in [0.29, 0.717) is 4.47 Å². The van der Waals surface area contributed by atoms with Crippen LogP contribution in [0.25, 0.3) is 0 Å². The van der Waals surface area contributed by atoms with Crippen molar-refractivity contribution >= 4 is 39.8 Å². The molecule has 0 atom stereocenters. The fourth-order valence-electron chi connectivity index (χ4n) is 1.94. The molecule has 0 unspecified atom stereocenters. The van der Waals surface area contributed by atoms with Crippen LogP contribution in [-0.2, 0) is 9.47 Å². The number of methoxy groups -OCH3 is 2. The van der Waals surface area contributed by atoms with Gasteiger partial charge in [-0.15, -0.1) is 0 Å².